The van der Waals surface area contributed by atoms with Crippen molar-refractivity contribution in [2.45, 2.75) is 31.7 Å². The van der Waals surface area contributed by atoms with Crippen LogP contribution in [0.2, 0.25) is 0 Å². The molecule has 1 heterocycles. The highest BCUT2D eigenvalue weighted by atomic mass is 32.2. The van der Waals surface area contributed by atoms with E-state index in [1.165, 1.54) is 0 Å². The summed E-state index contributed by atoms with van der Waals surface area (Å²) in [5, 5.41) is 11.8. The van der Waals surface area contributed by atoms with E-state index < -0.39 is 11.4 Å². The molecular formula is C10H15NO3S. The van der Waals surface area contributed by atoms with E-state index >= 15 is 0 Å². The van der Waals surface area contributed by atoms with Crippen LogP contribution in [0.1, 0.15) is 25.7 Å². The molecule has 1 saturated heterocycles. The summed E-state index contributed by atoms with van der Waals surface area (Å²) in [7, 11) is 0. The number of thioether (sulfide) groups is 1. The predicted molar refractivity (Wildman–Crippen MR) is 57.8 cm³/mol. The minimum atomic E-state index is -1.08. The van der Waals surface area contributed by atoms with Crippen molar-refractivity contribution in [2.24, 2.45) is 5.41 Å². The Hall–Kier alpha value is -0.710. The third kappa shape index (κ3) is 2.12. The summed E-state index contributed by atoms with van der Waals surface area (Å²) in [4.78, 5) is 22.6. The molecule has 1 aliphatic heterocycles. The molecule has 0 aromatic carbocycles. The summed E-state index contributed by atoms with van der Waals surface area (Å²) in [6.45, 7) is 0. The van der Waals surface area contributed by atoms with Gasteiger partial charge in [0, 0.05) is 6.04 Å². The first-order valence-corrected chi connectivity index (χ1v) is 6.43. The lowest BCUT2D eigenvalue weighted by atomic mass is 10.0. The van der Waals surface area contributed by atoms with Crippen LogP contribution in [0.4, 0.5) is 0 Å². The van der Waals surface area contributed by atoms with Crippen LogP contribution in [0.3, 0.4) is 0 Å². The van der Waals surface area contributed by atoms with Gasteiger partial charge in [0.05, 0.1) is 0 Å². The Kier molecular flexibility index (Phi) is 2.91. The van der Waals surface area contributed by atoms with Gasteiger partial charge in [-0.3, -0.25) is 9.59 Å². The van der Waals surface area contributed by atoms with E-state index in [-0.39, 0.29) is 11.9 Å². The lowest BCUT2D eigenvalue weighted by Crippen LogP contribution is -2.44. The second-order valence-corrected chi connectivity index (χ2v) is 5.47. The van der Waals surface area contributed by atoms with Gasteiger partial charge in [-0.25, -0.2) is 0 Å². The van der Waals surface area contributed by atoms with Crippen molar-refractivity contribution in [1.82, 2.24) is 5.32 Å². The fourth-order valence-electron chi connectivity index (χ4n) is 1.83. The van der Waals surface area contributed by atoms with Crippen LogP contribution in [0.5, 0.6) is 0 Å². The van der Waals surface area contributed by atoms with Crippen LogP contribution in [0, 0.1) is 5.41 Å². The molecule has 4 nitrogen and oxygen atoms in total. The third-order valence-corrected chi connectivity index (χ3v) is 4.20. The van der Waals surface area contributed by atoms with E-state index in [1.807, 2.05) is 11.8 Å². The first kappa shape index (κ1) is 10.8. The zero-order valence-corrected chi connectivity index (χ0v) is 9.31. The summed E-state index contributed by atoms with van der Waals surface area (Å²) in [5.41, 5.74) is -1.08. The third-order valence-electron chi connectivity index (χ3n) is 3.15. The Morgan fingerprint density at radius 2 is 1.87 bits per heavy atom. The number of hydrogen-bond donors (Lipinski definition) is 2. The molecule has 5 heteroatoms. The second-order valence-electron chi connectivity index (χ2n) is 4.25. The van der Waals surface area contributed by atoms with Crippen LogP contribution >= 0.6 is 11.8 Å². The Morgan fingerprint density at radius 3 is 2.33 bits per heavy atom. The van der Waals surface area contributed by atoms with E-state index in [0.717, 1.165) is 24.3 Å². The number of carbonyl (C=O) groups excluding carboxylic acids is 1. The molecule has 84 valence electrons. The van der Waals surface area contributed by atoms with Crippen LogP contribution < -0.4 is 5.32 Å². The molecular weight excluding hydrogens is 214 g/mol. The van der Waals surface area contributed by atoms with Gasteiger partial charge in [-0.1, -0.05) is 0 Å². The van der Waals surface area contributed by atoms with Crippen LogP contribution in [0.15, 0.2) is 0 Å². The maximum absolute atomic E-state index is 11.7. The normalized spacial score (nSPS) is 24.5. The number of carbonyl (C=O) groups is 2. The summed E-state index contributed by atoms with van der Waals surface area (Å²) in [6, 6.07) is 0.190. The van der Waals surface area contributed by atoms with Gasteiger partial charge in [-0.2, -0.15) is 11.8 Å². The summed E-state index contributed by atoms with van der Waals surface area (Å²) < 4.78 is 0. The molecule has 15 heavy (non-hydrogen) atoms. The average Bonchev–Trinajstić information content (AvgIpc) is 2.99. The molecule has 0 unspecified atom stereocenters. The molecule has 0 bridgehead atoms. The van der Waals surface area contributed by atoms with Crippen molar-refractivity contribution in [3.05, 3.63) is 0 Å². The quantitative estimate of drug-likeness (QED) is 0.704. The monoisotopic (exact) mass is 229 g/mol. The molecule has 1 aliphatic carbocycles. The number of carboxylic acid groups (broad SMARTS) is 1. The average molecular weight is 229 g/mol. The standard InChI is InChI=1S/C10H15NO3S/c12-8(10(3-4-10)9(13)14)11-7-1-5-15-6-2-7/h7H,1-6H2,(H,11,12)(H,13,14). The highest BCUT2D eigenvalue weighted by molar-refractivity contribution is 7.99. The van der Waals surface area contributed by atoms with Gasteiger partial charge in [-0.05, 0) is 37.2 Å². The Labute approximate surface area is 92.8 Å². The van der Waals surface area contributed by atoms with Crippen molar-refractivity contribution in [3.8, 4) is 0 Å². The van der Waals surface area contributed by atoms with Crippen LogP contribution in [-0.2, 0) is 9.59 Å². The number of rotatable bonds is 3. The lowest BCUT2D eigenvalue weighted by molar-refractivity contribution is -0.149. The number of amides is 1. The van der Waals surface area contributed by atoms with Gasteiger partial charge < -0.3 is 10.4 Å². The lowest BCUT2D eigenvalue weighted by Gasteiger charge is -2.24. The Bertz CT molecular complexity index is 282. The molecule has 1 saturated carbocycles. The number of carboxylic acids is 1. The first-order valence-electron chi connectivity index (χ1n) is 5.27. The fraction of sp³-hybridized carbons (Fsp3) is 0.800. The van der Waals surface area contributed by atoms with Gasteiger partial charge in [-0.15, -0.1) is 0 Å². The van der Waals surface area contributed by atoms with Gasteiger partial charge in [0.1, 0.15) is 5.41 Å². The molecule has 0 atom stereocenters. The SMILES string of the molecule is O=C(O)C1(C(=O)NC2CCSCC2)CC1. The number of aliphatic carboxylic acids is 1. The highest BCUT2D eigenvalue weighted by Crippen LogP contribution is 2.46. The predicted octanol–water partition coefficient (Wildman–Crippen LogP) is 0.863. The van der Waals surface area contributed by atoms with Gasteiger partial charge in [0.2, 0.25) is 5.91 Å². The molecule has 0 aromatic rings. The zero-order chi connectivity index (χ0) is 10.9. The van der Waals surface area contributed by atoms with E-state index in [2.05, 4.69) is 5.32 Å². The summed E-state index contributed by atoms with van der Waals surface area (Å²) >= 11 is 1.89. The molecule has 0 radical (unpaired) electrons. The van der Waals surface area contributed by atoms with Gasteiger partial charge in [0.25, 0.3) is 0 Å². The van der Waals surface area contributed by atoms with Crippen molar-refractivity contribution in [2.75, 3.05) is 11.5 Å². The van der Waals surface area contributed by atoms with Crippen molar-refractivity contribution >= 4 is 23.6 Å². The van der Waals surface area contributed by atoms with Gasteiger partial charge >= 0.3 is 5.97 Å². The molecule has 0 aromatic heterocycles. The summed E-state index contributed by atoms with van der Waals surface area (Å²) in [6.07, 6.45) is 2.92. The maximum Gasteiger partial charge on any atom is 0.319 e. The topological polar surface area (TPSA) is 66.4 Å². The molecule has 2 rings (SSSR count). The minimum absolute atomic E-state index is 0.190. The minimum Gasteiger partial charge on any atom is -0.480 e. The summed E-state index contributed by atoms with van der Waals surface area (Å²) in [5.74, 6) is 0.882. The highest BCUT2D eigenvalue weighted by Gasteiger charge is 2.57. The van der Waals surface area contributed by atoms with E-state index in [4.69, 9.17) is 5.11 Å². The van der Waals surface area contributed by atoms with Crippen molar-refractivity contribution in [3.63, 3.8) is 0 Å². The van der Waals surface area contributed by atoms with Crippen LogP contribution in [-0.4, -0.2) is 34.5 Å². The van der Waals surface area contributed by atoms with Gasteiger partial charge in [0.15, 0.2) is 0 Å². The van der Waals surface area contributed by atoms with E-state index in [9.17, 15) is 9.59 Å². The van der Waals surface area contributed by atoms with E-state index in [0.29, 0.717) is 12.8 Å². The van der Waals surface area contributed by atoms with Crippen molar-refractivity contribution in [1.29, 1.82) is 0 Å². The first-order chi connectivity index (χ1) is 7.15. The van der Waals surface area contributed by atoms with Crippen LogP contribution in [0.25, 0.3) is 0 Å². The number of nitrogens with one attached hydrogen (secondary N) is 1. The molecule has 2 N–H and O–H groups in total. The molecule has 2 aliphatic rings. The molecule has 1 amide bonds. The zero-order valence-electron chi connectivity index (χ0n) is 8.49. The smallest absolute Gasteiger partial charge is 0.319 e. The number of hydrogen-bond acceptors (Lipinski definition) is 3. The van der Waals surface area contributed by atoms with Crippen molar-refractivity contribution < 1.29 is 14.7 Å². The maximum atomic E-state index is 11.7. The fourth-order valence-corrected chi connectivity index (χ4v) is 2.94. The molecule has 0 spiro atoms. The second kappa shape index (κ2) is 4.04. The largest absolute Gasteiger partial charge is 0.480 e. The Balaban J connectivity index is 1.89. The molecule has 2 fully saturated rings. The Morgan fingerprint density at radius 1 is 1.27 bits per heavy atom. The van der Waals surface area contributed by atoms with E-state index in [1.54, 1.807) is 0 Å².